The summed E-state index contributed by atoms with van der Waals surface area (Å²) in [6.07, 6.45) is -0.356. The van der Waals surface area contributed by atoms with Gasteiger partial charge in [0.25, 0.3) is 0 Å². The van der Waals surface area contributed by atoms with Crippen LogP contribution in [0.5, 0.6) is 0 Å². The predicted octanol–water partition coefficient (Wildman–Crippen LogP) is 2.97. The Labute approximate surface area is 139 Å². The first-order valence-electron chi connectivity index (χ1n) is 7.89. The summed E-state index contributed by atoms with van der Waals surface area (Å²) in [6.45, 7) is 11.6. The minimum Gasteiger partial charge on any atom is -0.443 e. The summed E-state index contributed by atoms with van der Waals surface area (Å²) in [4.78, 5) is 13.6. The molecule has 1 aliphatic heterocycles. The van der Waals surface area contributed by atoms with E-state index in [4.69, 9.17) is 14.0 Å². The summed E-state index contributed by atoms with van der Waals surface area (Å²) in [5.41, 5.74) is 0.868. The SMILES string of the molecule is CC1OB(c2ccc(N(C)C(=O)OC(C)(C)C)cc2)OC1(C)C. The molecule has 5 nitrogen and oxygen atoms in total. The highest BCUT2D eigenvalue weighted by molar-refractivity contribution is 6.62. The highest BCUT2D eigenvalue weighted by Crippen LogP contribution is 2.27. The van der Waals surface area contributed by atoms with Gasteiger partial charge in [-0.15, -0.1) is 0 Å². The molecule has 1 amide bonds. The highest BCUT2D eigenvalue weighted by atomic mass is 16.7. The molecule has 6 heteroatoms. The lowest BCUT2D eigenvalue weighted by atomic mass is 9.79. The second-order valence-electron chi connectivity index (χ2n) is 7.46. The minimum atomic E-state index is -0.515. The van der Waals surface area contributed by atoms with Gasteiger partial charge in [0.2, 0.25) is 0 Å². The van der Waals surface area contributed by atoms with E-state index in [0.717, 1.165) is 11.2 Å². The highest BCUT2D eigenvalue weighted by Gasteiger charge is 2.43. The van der Waals surface area contributed by atoms with E-state index in [1.807, 2.05) is 65.8 Å². The molecule has 1 aliphatic rings. The maximum absolute atomic E-state index is 12.1. The van der Waals surface area contributed by atoms with E-state index >= 15 is 0 Å². The van der Waals surface area contributed by atoms with Crippen LogP contribution in [0.3, 0.4) is 0 Å². The van der Waals surface area contributed by atoms with Gasteiger partial charge in [0, 0.05) is 12.7 Å². The Bertz CT molecular complexity index is 565. The number of carbonyl (C=O) groups excluding carboxylic acids is 1. The van der Waals surface area contributed by atoms with Crippen molar-refractivity contribution < 1.29 is 18.8 Å². The first-order valence-corrected chi connectivity index (χ1v) is 7.89. The van der Waals surface area contributed by atoms with Gasteiger partial charge in [-0.05, 0) is 59.1 Å². The number of hydrogen-bond donors (Lipinski definition) is 0. The Morgan fingerprint density at radius 1 is 1.26 bits per heavy atom. The Morgan fingerprint density at radius 2 is 1.83 bits per heavy atom. The Balaban J connectivity index is 2.07. The molecule has 1 heterocycles. The summed E-state index contributed by atoms with van der Waals surface area (Å²) < 4.78 is 17.1. The molecule has 0 bridgehead atoms. The van der Waals surface area contributed by atoms with E-state index in [2.05, 4.69) is 0 Å². The van der Waals surface area contributed by atoms with Crippen LogP contribution < -0.4 is 10.4 Å². The molecule has 23 heavy (non-hydrogen) atoms. The molecule has 0 aliphatic carbocycles. The lowest BCUT2D eigenvalue weighted by Crippen LogP contribution is -2.36. The summed E-state index contributed by atoms with van der Waals surface area (Å²) in [7, 11) is 1.32. The van der Waals surface area contributed by atoms with Gasteiger partial charge in [-0.1, -0.05) is 12.1 Å². The molecular weight excluding hydrogens is 293 g/mol. The lowest BCUT2D eigenvalue weighted by Gasteiger charge is -2.24. The normalized spacial score (nSPS) is 20.5. The Hall–Kier alpha value is -1.53. The van der Waals surface area contributed by atoms with Crippen molar-refractivity contribution in [2.24, 2.45) is 0 Å². The molecule has 1 atom stereocenters. The van der Waals surface area contributed by atoms with Crippen LogP contribution in [-0.4, -0.2) is 37.6 Å². The van der Waals surface area contributed by atoms with Gasteiger partial charge in [0.1, 0.15) is 5.60 Å². The molecule has 1 aromatic carbocycles. The van der Waals surface area contributed by atoms with Crippen molar-refractivity contribution in [2.45, 2.75) is 58.8 Å². The molecule has 126 valence electrons. The van der Waals surface area contributed by atoms with Crippen molar-refractivity contribution >= 4 is 24.4 Å². The topological polar surface area (TPSA) is 48.0 Å². The Kier molecular flexibility index (Phi) is 4.78. The molecule has 0 N–H and O–H groups in total. The second-order valence-corrected chi connectivity index (χ2v) is 7.46. The molecule has 1 fully saturated rings. The fourth-order valence-electron chi connectivity index (χ4n) is 2.19. The van der Waals surface area contributed by atoms with Crippen LogP contribution in [0.1, 0.15) is 41.5 Å². The van der Waals surface area contributed by atoms with Gasteiger partial charge in [-0.25, -0.2) is 4.79 Å². The van der Waals surface area contributed by atoms with Crippen LogP contribution in [0.4, 0.5) is 10.5 Å². The number of ether oxygens (including phenoxy) is 1. The fraction of sp³-hybridized carbons (Fsp3) is 0.588. The number of amides is 1. The third kappa shape index (κ3) is 4.27. The Morgan fingerprint density at radius 3 is 2.26 bits per heavy atom. The van der Waals surface area contributed by atoms with Crippen molar-refractivity contribution in [2.75, 3.05) is 11.9 Å². The summed E-state index contributed by atoms with van der Waals surface area (Å²) in [5.74, 6) is 0. The van der Waals surface area contributed by atoms with Crippen LogP contribution in [0.2, 0.25) is 0 Å². The van der Waals surface area contributed by atoms with Crippen LogP contribution >= 0.6 is 0 Å². The number of nitrogens with zero attached hydrogens (tertiary/aromatic N) is 1. The van der Waals surface area contributed by atoms with Crippen LogP contribution in [-0.2, 0) is 14.0 Å². The zero-order valence-corrected chi connectivity index (χ0v) is 15.0. The summed E-state index contributed by atoms with van der Waals surface area (Å²) in [6, 6.07) is 7.55. The number of hydrogen-bond acceptors (Lipinski definition) is 4. The minimum absolute atomic E-state index is 0.0246. The number of anilines is 1. The molecule has 0 radical (unpaired) electrons. The van der Waals surface area contributed by atoms with Gasteiger partial charge >= 0.3 is 13.2 Å². The monoisotopic (exact) mass is 319 g/mol. The average molecular weight is 319 g/mol. The molecule has 0 aromatic heterocycles. The van der Waals surface area contributed by atoms with E-state index in [-0.39, 0.29) is 24.9 Å². The third-order valence-corrected chi connectivity index (χ3v) is 3.94. The van der Waals surface area contributed by atoms with Crippen LogP contribution in [0, 0.1) is 0 Å². The first-order chi connectivity index (χ1) is 10.5. The largest absolute Gasteiger partial charge is 0.494 e. The quantitative estimate of drug-likeness (QED) is 0.786. The standard InChI is InChI=1S/C17H26BNO4/c1-12-17(5,6)23-18(22-12)13-8-10-14(11-9-13)19(7)15(20)21-16(2,3)4/h8-12H,1-7H3. The van der Waals surface area contributed by atoms with Crippen molar-refractivity contribution in [3.8, 4) is 0 Å². The summed E-state index contributed by atoms with van der Waals surface area (Å²) in [5, 5.41) is 0. The first kappa shape index (κ1) is 17.8. The maximum Gasteiger partial charge on any atom is 0.494 e. The number of carbonyl (C=O) groups is 1. The summed E-state index contributed by atoms with van der Waals surface area (Å²) >= 11 is 0. The van der Waals surface area contributed by atoms with Crippen LogP contribution in [0.25, 0.3) is 0 Å². The van der Waals surface area contributed by atoms with Crippen LogP contribution in [0.15, 0.2) is 24.3 Å². The predicted molar refractivity (Wildman–Crippen MR) is 92.2 cm³/mol. The van der Waals surface area contributed by atoms with Crippen molar-refractivity contribution in [1.29, 1.82) is 0 Å². The van der Waals surface area contributed by atoms with E-state index < -0.39 is 5.60 Å². The molecule has 2 rings (SSSR count). The lowest BCUT2D eigenvalue weighted by molar-refractivity contribution is 0.0589. The van der Waals surface area contributed by atoms with E-state index in [9.17, 15) is 4.79 Å². The van der Waals surface area contributed by atoms with Gasteiger partial charge < -0.3 is 14.0 Å². The molecular formula is C17H26BNO4. The zero-order valence-electron chi connectivity index (χ0n) is 15.0. The second kappa shape index (κ2) is 6.17. The molecule has 1 unspecified atom stereocenters. The fourth-order valence-corrected chi connectivity index (χ4v) is 2.19. The van der Waals surface area contributed by atoms with E-state index in [0.29, 0.717) is 0 Å². The van der Waals surface area contributed by atoms with Crippen molar-refractivity contribution in [1.82, 2.24) is 0 Å². The number of rotatable bonds is 2. The molecule has 1 aromatic rings. The maximum atomic E-state index is 12.1. The van der Waals surface area contributed by atoms with Crippen molar-refractivity contribution in [3.63, 3.8) is 0 Å². The average Bonchev–Trinajstić information content (AvgIpc) is 2.70. The molecule has 0 spiro atoms. The third-order valence-electron chi connectivity index (χ3n) is 3.94. The molecule has 1 saturated heterocycles. The van der Waals surface area contributed by atoms with Gasteiger partial charge in [-0.3, -0.25) is 4.90 Å². The van der Waals surface area contributed by atoms with Crippen molar-refractivity contribution in [3.05, 3.63) is 24.3 Å². The van der Waals surface area contributed by atoms with E-state index in [1.54, 1.807) is 7.05 Å². The van der Waals surface area contributed by atoms with Gasteiger partial charge in [0.15, 0.2) is 0 Å². The van der Waals surface area contributed by atoms with E-state index in [1.165, 1.54) is 4.90 Å². The zero-order chi connectivity index (χ0) is 17.4. The number of benzene rings is 1. The van der Waals surface area contributed by atoms with Gasteiger partial charge in [-0.2, -0.15) is 0 Å². The van der Waals surface area contributed by atoms with Gasteiger partial charge in [0.05, 0.1) is 11.7 Å². The molecule has 0 saturated carbocycles. The smallest absolute Gasteiger partial charge is 0.443 e.